The van der Waals surface area contributed by atoms with E-state index >= 15 is 0 Å². The first-order valence-electron chi connectivity index (χ1n) is 4.67. The third-order valence-electron chi connectivity index (χ3n) is 2.15. The molecule has 0 amide bonds. The van der Waals surface area contributed by atoms with Crippen molar-refractivity contribution in [1.29, 1.82) is 0 Å². The van der Waals surface area contributed by atoms with Crippen molar-refractivity contribution in [3.05, 3.63) is 35.4 Å². The van der Waals surface area contributed by atoms with Crippen LogP contribution >= 0.6 is 22.9 Å². The van der Waals surface area contributed by atoms with Crippen molar-refractivity contribution in [3.8, 4) is 5.13 Å². The summed E-state index contributed by atoms with van der Waals surface area (Å²) < 4.78 is 2.76. The Morgan fingerprint density at radius 1 is 1.44 bits per heavy atom. The summed E-state index contributed by atoms with van der Waals surface area (Å²) in [7, 11) is 0. The normalized spacial score (nSPS) is 11.1. The van der Waals surface area contributed by atoms with E-state index in [4.69, 9.17) is 11.6 Å². The smallest absolute Gasteiger partial charge is 0.211 e. The second-order valence-corrected chi connectivity index (χ2v) is 4.77. The summed E-state index contributed by atoms with van der Waals surface area (Å²) >= 11 is 7.35. The molecule has 3 rings (SSSR count). The molecule has 0 aliphatic carbocycles. The first-order chi connectivity index (χ1) is 7.72. The first-order valence-corrected chi connectivity index (χ1v) is 5.86. The summed E-state index contributed by atoms with van der Waals surface area (Å²) in [5, 5.41) is 5.60. The van der Waals surface area contributed by atoms with E-state index in [1.807, 2.05) is 19.2 Å². The Morgan fingerprint density at radius 3 is 3.06 bits per heavy atom. The van der Waals surface area contributed by atoms with Gasteiger partial charge in [0.05, 0.1) is 15.9 Å². The third-order valence-corrected chi connectivity index (χ3v) is 3.35. The highest BCUT2D eigenvalue weighted by molar-refractivity contribution is 7.20. The van der Waals surface area contributed by atoms with E-state index in [1.54, 1.807) is 28.3 Å². The van der Waals surface area contributed by atoms with Crippen LogP contribution < -0.4 is 0 Å². The van der Waals surface area contributed by atoms with Gasteiger partial charge in [0.25, 0.3) is 0 Å². The van der Waals surface area contributed by atoms with Crippen LogP contribution in [0.4, 0.5) is 0 Å². The van der Waals surface area contributed by atoms with E-state index in [9.17, 15) is 0 Å². The van der Waals surface area contributed by atoms with Crippen molar-refractivity contribution in [2.75, 3.05) is 0 Å². The number of halogens is 1. The lowest BCUT2D eigenvalue weighted by Crippen LogP contribution is -1.93. The molecule has 0 unspecified atom stereocenters. The third kappa shape index (κ3) is 1.58. The summed E-state index contributed by atoms with van der Waals surface area (Å²) in [4.78, 5) is 8.48. The highest BCUT2D eigenvalue weighted by Crippen LogP contribution is 2.25. The fourth-order valence-electron chi connectivity index (χ4n) is 1.42. The van der Waals surface area contributed by atoms with Crippen molar-refractivity contribution in [1.82, 2.24) is 19.7 Å². The van der Waals surface area contributed by atoms with Gasteiger partial charge in [0.1, 0.15) is 5.15 Å². The van der Waals surface area contributed by atoms with Gasteiger partial charge in [-0.05, 0) is 13.0 Å². The molecule has 3 aromatic heterocycles. The lowest BCUT2D eigenvalue weighted by atomic mass is 10.4. The minimum atomic E-state index is 0.459. The fourth-order valence-corrected chi connectivity index (χ4v) is 2.42. The molecule has 0 aliphatic rings. The molecule has 0 atom stereocenters. The van der Waals surface area contributed by atoms with E-state index in [0.29, 0.717) is 5.15 Å². The topological polar surface area (TPSA) is 43.6 Å². The van der Waals surface area contributed by atoms with Crippen LogP contribution in [0.3, 0.4) is 0 Å². The Bertz CT molecular complexity index is 658. The second-order valence-electron chi connectivity index (χ2n) is 3.37. The maximum absolute atomic E-state index is 5.81. The average molecular weight is 251 g/mol. The van der Waals surface area contributed by atoms with Crippen LogP contribution in [-0.2, 0) is 0 Å². The molecule has 0 aliphatic heterocycles. The van der Waals surface area contributed by atoms with Crippen LogP contribution in [-0.4, -0.2) is 19.7 Å². The number of pyridine rings is 1. The summed E-state index contributed by atoms with van der Waals surface area (Å²) in [5.74, 6) is 0. The maximum Gasteiger partial charge on any atom is 0.211 e. The van der Waals surface area contributed by atoms with E-state index in [1.165, 1.54) is 0 Å². The number of thiazole rings is 1. The molecule has 3 heterocycles. The zero-order chi connectivity index (χ0) is 11.1. The van der Waals surface area contributed by atoms with Crippen LogP contribution in [0.15, 0.2) is 24.5 Å². The molecule has 0 radical (unpaired) electrons. The molecule has 16 heavy (non-hydrogen) atoms. The molecule has 0 bridgehead atoms. The standard InChI is InChI=1S/C10H7ClN4S/c1-6-2-3-15(14-6)10-13-7-4-9(11)12-5-8(7)16-10/h2-5H,1H3. The summed E-state index contributed by atoms with van der Waals surface area (Å²) in [5.41, 5.74) is 1.82. The molecule has 80 valence electrons. The molecule has 4 nitrogen and oxygen atoms in total. The molecular weight excluding hydrogens is 244 g/mol. The van der Waals surface area contributed by atoms with Gasteiger partial charge in [-0.2, -0.15) is 5.10 Å². The first kappa shape index (κ1) is 9.74. The van der Waals surface area contributed by atoms with Gasteiger partial charge in [0, 0.05) is 18.5 Å². The molecule has 0 fully saturated rings. The SMILES string of the molecule is Cc1ccn(-c2nc3cc(Cl)ncc3s2)n1. The Morgan fingerprint density at radius 2 is 2.31 bits per heavy atom. The van der Waals surface area contributed by atoms with Gasteiger partial charge in [-0.3, -0.25) is 0 Å². The molecule has 6 heteroatoms. The molecule has 0 N–H and O–H groups in total. The predicted octanol–water partition coefficient (Wildman–Crippen LogP) is 2.84. The van der Waals surface area contributed by atoms with Gasteiger partial charge in [-0.15, -0.1) is 0 Å². The Hall–Kier alpha value is -1.46. The van der Waals surface area contributed by atoms with E-state index in [2.05, 4.69) is 15.1 Å². The minimum Gasteiger partial charge on any atom is -0.243 e. The Labute approximate surface area is 101 Å². The zero-order valence-corrected chi connectivity index (χ0v) is 9.96. The Kier molecular flexibility index (Phi) is 2.15. The van der Waals surface area contributed by atoms with Gasteiger partial charge in [0.15, 0.2) is 0 Å². The number of fused-ring (bicyclic) bond motifs is 1. The number of aromatic nitrogens is 4. The van der Waals surface area contributed by atoms with Crippen LogP contribution in [0.5, 0.6) is 0 Å². The summed E-state index contributed by atoms with van der Waals surface area (Å²) in [6.45, 7) is 1.95. The lowest BCUT2D eigenvalue weighted by molar-refractivity contribution is 0.856. The molecular formula is C10H7ClN4S. The highest BCUT2D eigenvalue weighted by Gasteiger charge is 2.07. The monoisotopic (exact) mass is 250 g/mol. The zero-order valence-electron chi connectivity index (χ0n) is 8.38. The largest absolute Gasteiger partial charge is 0.243 e. The van der Waals surface area contributed by atoms with Crippen LogP contribution in [0, 0.1) is 6.92 Å². The molecule has 0 spiro atoms. The van der Waals surface area contributed by atoms with Crippen molar-refractivity contribution in [2.45, 2.75) is 6.92 Å². The van der Waals surface area contributed by atoms with Crippen molar-refractivity contribution in [3.63, 3.8) is 0 Å². The predicted molar refractivity (Wildman–Crippen MR) is 64.3 cm³/mol. The van der Waals surface area contributed by atoms with Gasteiger partial charge < -0.3 is 0 Å². The van der Waals surface area contributed by atoms with E-state index < -0.39 is 0 Å². The van der Waals surface area contributed by atoms with Gasteiger partial charge in [-0.1, -0.05) is 22.9 Å². The quantitative estimate of drug-likeness (QED) is 0.624. The number of rotatable bonds is 1. The molecule has 0 saturated carbocycles. The van der Waals surface area contributed by atoms with Gasteiger partial charge >= 0.3 is 0 Å². The minimum absolute atomic E-state index is 0.459. The van der Waals surface area contributed by atoms with E-state index in [0.717, 1.165) is 21.0 Å². The van der Waals surface area contributed by atoms with E-state index in [-0.39, 0.29) is 0 Å². The fraction of sp³-hybridized carbons (Fsp3) is 0.100. The number of nitrogens with zero attached hydrogens (tertiary/aromatic N) is 4. The highest BCUT2D eigenvalue weighted by atomic mass is 35.5. The summed E-state index contributed by atoms with van der Waals surface area (Å²) in [6.07, 6.45) is 3.62. The maximum atomic E-state index is 5.81. The number of hydrogen-bond acceptors (Lipinski definition) is 4. The summed E-state index contributed by atoms with van der Waals surface area (Å²) in [6, 6.07) is 3.70. The molecule has 3 aromatic rings. The van der Waals surface area contributed by atoms with Crippen LogP contribution in [0.25, 0.3) is 15.3 Å². The van der Waals surface area contributed by atoms with Gasteiger partial charge in [-0.25, -0.2) is 14.6 Å². The van der Waals surface area contributed by atoms with Crippen molar-refractivity contribution < 1.29 is 0 Å². The average Bonchev–Trinajstić information content (AvgIpc) is 2.83. The van der Waals surface area contributed by atoms with Crippen molar-refractivity contribution >= 4 is 33.2 Å². The van der Waals surface area contributed by atoms with Crippen LogP contribution in [0.1, 0.15) is 5.69 Å². The van der Waals surface area contributed by atoms with Crippen LogP contribution in [0.2, 0.25) is 5.15 Å². The Balaban J connectivity index is 2.18. The lowest BCUT2D eigenvalue weighted by Gasteiger charge is -1.91. The molecule has 0 saturated heterocycles. The molecule has 0 aromatic carbocycles. The number of hydrogen-bond donors (Lipinski definition) is 0. The van der Waals surface area contributed by atoms with Crippen molar-refractivity contribution in [2.24, 2.45) is 0 Å². The second kappa shape index (κ2) is 3.54. The van der Waals surface area contributed by atoms with Gasteiger partial charge in [0.2, 0.25) is 5.13 Å². The number of aryl methyl sites for hydroxylation is 1.